The number of amides is 1. The van der Waals surface area contributed by atoms with E-state index < -0.39 is 11.9 Å². The van der Waals surface area contributed by atoms with Crippen LogP contribution in [0.15, 0.2) is 24.3 Å². The van der Waals surface area contributed by atoms with E-state index in [9.17, 15) is 9.59 Å². The highest BCUT2D eigenvalue weighted by Crippen LogP contribution is 2.38. The van der Waals surface area contributed by atoms with Gasteiger partial charge in [0.2, 0.25) is 5.91 Å². The molecule has 2 N–H and O–H groups in total. The summed E-state index contributed by atoms with van der Waals surface area (Å²) in [6, 6.07) is 8.04. The molecule has 4 nitrogen and oxygen atoms in total. The number of hydrogen-bond acceptors (Lipinski definition) is 2. The molecule has 1 amide bonds. The normalized spacial score (nSPS) is 21.4. The average Bonchev–Trinajstić information content (AvgIpc) is 3.11. The first kappa shape index (κ1) is 12.6. The Morgan fingerprint density at radius 1 is 1.33 bits per heavy atom. The van der Waals surface area contributed by atoms with Gasteiger partial charge in [-0.15, -0.1) is 0 Å². The molecule has 2 rings (SSSR count). The van der Waals surface area contributed by atoms with Crippen molar-refractivity contribution in [1.29, 1.82) is 0 Å². The van der Waals surface area contributed by atoms with Crippen molar-refractivity contribution in [3.8, 4) is 0 Å². The number of aryl methyl sites for hydroxylation is 1. The molecule has 1 fully saturated rings. The Labute approximate surface area is 106 Å². The van der Waals surface area contributed by atoms with Gasteiger partial charge in [0.25, 0.3) is 0 Å². The molecule has 0 bridgehead atoms. The van der Waals surface area contributed by atoms with E-state index in [4.69, 9.17) is 5.11 Å². The van der Waals surface area contributed by atoms with E-state index in [2.05, 4.69) is 5.32 Å². The van der Waals surface area contributed by atoms with Crippen molar-refractivity contribution < 1.29 is 14.7 Å². The monoisotopic (exact) mass is 247 g/mol. The van der Waals surface area contributed by atoms with Crippen molar-refractivity contribution in [2.75, 3.05) is 6.54 Å². The lowest BCUT2D eigenvalue weighted by molar-refractivity contribution is -0.140. The highest BCUT2D eigenvalue weighted by Gasteiger charge is 2.48. The van der Waals surface area contributed by atoms with Gasteiger partial charge in [-0.3, -0.25) is 9.59 Å². The highest BCUT2D eigenvalue weighted by atomic mass is 16.4. The molecule has 4 heteroatoms. The summed E-state index contributed by atoms with van der Waals surface area (Å²) in [5.41, 5.74) is 2.42. The zero-order valence-electron chi connectivity index (χ0n) is 10.3. The van der Waals surface area contributed by atoms with E-state index in [1.54, 1.807) is 0 Å². The van der Waals surface area contributed by atoms with Crippen molar-refractivity contribution >= 4 is 11.9 Å². The van der Waals surface area contributed by atoms with Gasteiger partial charge in [0.05, 0.1) is 11.8 Å². The third kappa shape index (κ3) is 2.88. The maximum absolute atomic E-state index is 11.6. The Balaban J connectivity index is 1.75. The van der Waals surface area contributed by atoms with Gasteiger partial charge in [0.15, 0.2) is 0 Å². The highest BCUT2D eigenvalue weighted by molar-refractivity contribution is 5.89. The number of carbonyl (C=O) groups excluding carboxylic acids is 1. The first-order valence-electron chi connectivity index (χ1n) is 6.14. The minimum atomic E-state index is -0.867. The van der Waals surface area contributed by atoms with Crippen molar-refractivity contribution in [2.45, 2.75) is 19.8 Å². The minimum absolute atomic E-state index is 0.129. The zero-order chi connectivity index (χ0) is 13.1. The zero-order valence-corrected chi connectivity index (χ0v) is 10.3. The number of aliphatic carboxylic acids is 1. The van der Waals surface area contributed by atoms with Gasteiger partial charge in [0, 0.05) is 6.54 Å². The second-order valence-corrected chi connectivity index (χ2v) is 4.75. The quantitative estimate of drug-likeness (QED) is 0.826. The van der Waals surface area contributed by atoms with E-state index in [1.165, 1.54) is 11.1 Å². The molecular formula is C14H17NO3. The molecule has 0 aromatic heterocycles. The molecule has 0 aliphatic heterocycles. The molecule has 96 valence electrons. The SMILES string of the molecule is Cc1ccccc1CCNC(=O)[C@@H]1C[C@@H]1C(=O)O. The summed E-state index contributed by atoms with van der Waals surface area (Å²) in [7, 11) is 0. The number of carbonyl (C=O) groups is 2. The molecule has 1 aliphatic rings. The Kier molecular flexibility index (Phi) is 3.65. The predicted octanol–water partition coefficient (Wildman–Crippen LogP) is 1.37. The maximum atomic E-state index is 11.6. The summed E-state index contributed by atoms with van der Waals surface area (Å²) in [5, 5.41) is 11.5. The predicted molar refractivity (Wildman–Crippen MR) is 67.1 cm³/mol. The van der Waals surface area contributed by atoms with Crippen LogP contribution in [0.4, 0.5) is 0 Å². The summed E-state index contributed by atoms with van der Waals surface area (Å²) in [6.07, 6.45) is 1.26. The van der Waals surface area contributed by atoms with E-state index in [-0.39, 0.29) is 11.8 Å². The molecule has 0 spiro atoms. The van der Waals surface area contributed by atoms with Gasteiger partial charge < -0.3 is 10.4 Å². The molecule has 1 saturated carbocycles. The van der Waals surface area contributed by atoms with Gasteiger partial charge in [-0.05, 0) is 30.9 Å². The average molecular weight is 247 g/mol. The van der Waals surface area contributed by atoms with Crippen molar-refractivity contribution in [3.63, 3.8) is 0 Å². The van der Waals surface area contributed by atoms with Crippen molar-refractivity contribution in [2.24, 2.45) is 11.8 Å². The summed E-state index contributed by atoms with van der Waals surface area (Å²) >= 11 is 0. The largest absolute Gasteiger partial charge is 0.481 e. The fraction of sp³-hybridized carbons (Fsp3) is 0.429. The number of carboxylic acid groups (broad SMARTS) is 1. The van der Waals surface area contributed by atoms with Gasteiger partial charge in [-0.25, -0.2) is 0 Å². The molecule has 0 radical (unpaired) electrons. The Bertz CT molecular complexity index is 470. The molecular weight excluding hydrogens is 230 g/mol. The minimum Gasteiger partial charge on any atom is -0.481 e. The van der Waals surface area contributed by atoms with Crippen LogP contribution in [0, 0.1) is 18.8 Å². The van der Waals surface area contributed by atoms with Gasteiger partial charge in [-0.2, -0.15) is 0 Å². The topological polar surface area (TPSA) is 66.4 Å². The summed E-state index contributed by atoms with van der Waals surface area (Å²) in [5.74, 6) is -1.78. The lowest BCUT2D eigenvalue weighted by atomic mass is 10.1. The van der Waals surface area contributed by atoms with Crippen LogP contribution < -0.4 is 5.32 Å². The first-order chi connectivity index (χ1) is 8.59. The van der Waals surface area contributed by atoms with Crippen LogP contribution in [-0.2, 0) is 16.0 Å². The van der Waals surface area contributed by atoms with Crippen LogP contribution in [0.1, 0.15) is 17.5 Å². The van der Waals surface area contributed by atoms with E-state index in [0.717, 1.165) is 6.42 Å². The summed E-state index contributed by atoms with van der Waals surface area (Å²) in [4.78, 5) is 22.3. The third-order valence-electron chi connectivity index (χ3n) is 3.40. The molecule has 0 saturated heterocycles. The van der Waals surface area contributed by atoms with Crippen LogP contribution in [-0.4, -0.2) is 23.5 Å². The molecule has 0 unspecified atom stereocenters. The van der Waals surface area contributed by atoms with Gasteiger partial charge >= 0.3 is 5.97 Å². The Morgan fingerprint density at radius 3 is 2.67 bits per heavy atom. The molecule has 1 aromatic rings. The molecule has 1 aliphatic carbocycles. The number of benzene rings is 1. The second kappa shape index (κ2) is 5.21. The third-order valence-corrected chi connectivity index (χ3v) is 3.40. The molecule has 2 atom stereocenters. The van der Waals surface area contributed by atoms with Crippen LogP contribution >= 0.6 is 0 Å². The Hall–Kier alpha value is -1.84. The lowest BCUT2D eigenvalue weighted by Gasteiger charge is -2.07. The number of rotatable bonds is 5. The molecule has 0 heterocycles. The molecule has 1 aromatic carbocycles. The van der Waals surface area contributed by atoms with Gasteiger partial charge in [-0.1, -0.05) is 24.3 Å². The summed E-state index contributed by atoms with van der Waals surface area (Å²) < 4.78 is 0. The number of carboxylic acids is 1. The smallest absolute Gasteiger partial charge is 0.307 e. The van der Waals surface area contributed by atoms with E-state index in [1.807, 2.05) is 31.2 Å². The maximum Gasteiger partial charge on any atom is 0.307 e. The summed E-state index contributed by atoms with van der Waals surface area (Å²) in [6.45, 7) is 2.60. The second-order valence-electron chi connectivity index (χ2n) is 4.75. The van der Waals surface area contributed by atoms with Crippen LogP contribution in [0.25, 0.3) is 0 Å². The van der Waals surface area contributed by atoms with Crippen LogP contribution in [0.3, 0.4) is 0 Å². The van der Waals surface area contributed by atoms with Crippen LogP contribution in [0.2, 0.25) is 0 Å². The van der Waals surface area contributed by atoms with E-state index >= 15 is 0 Å². The number of nitrogens with one attached hydrogen (secondary N) is 1. The lowest BCUT2D eigenvalue weighted by Crippen LogP contribution is -2.28. The van der Waals surface area contributed by atoms with Gasteiger partial charge in [0.1, 0.15) is 0 Å². The molecule has 18 heavy (non-hydrogen) atoms. The number of hydrogen-bond donors (Lipinski definition) is 2. The first-order valence-corrected chi connectivity index (χ1v) is 6.14. The van der Waals surface area contributed by atoms with Crippen LogP contribution in [0.5, 0.6) is 0 Å². The van der Waals surface area contributed by atoms with Crippen molar-refractivity contribution in [1.82, 2.24) is 5.32 Å². The van der Waals surface area contributed by atoms with Crippen molar-refractivity contribution in [3.05, 3.63) is 35.4 Å². The fourth-order valence-electron chi connectivity index (χ4n) is 2.10. The fourth-order valence-corrected chi connectivity index (χ4v) is 2.10. The standard InChI is InChI=1S/C14H17NO3/c1-9-4-2-3-5-10(9)6-7-15-13(16)11-8-12(11)14(17)18/h2-5,11-12H,6-8H2,1H3,(H,15,16)(H,17,18)/t11-,12+/m1/s1. The van der Waals surface area contributed by atoms with E-state index in [0.29, 0.717) is 13.0 Å². The Morgan fingerprint density at radius 2 is 2.06 bits per heavy atom.